The van der Waals surface area contributed by atoms with Crippen molar-refractivity contribution in [3.05, 3.63) is 29.2 Å². The van der Waals surface area contributed by atoms with Crippen LogP contribution in [0.4, 0.5) is 10.1 Å². The quantitative estimate of drug-likeness (QED) is 0.409. The normalized spacial score (nSPS) is 25.6. The Balaban J connectivity index is 1.58. The molecular formula is C20H20FN7S2. The molecule has 3 heterocycles. The first-order valence-electron chi connectivity index (χ1n) is 10.0. The van der Waals surface area contributed by atoms with E-state index in [1.54, 1.807) is 18.6 Å². The number of aromatic nitrogens is 5. The molecule has 2 bridgehead atoms. The van der Waals surface area contributed by atoms with Crippen molar-refractivity contribution in [1.29, 1.82) is 0 Å². The topological polar surface area (TPSA) is 105 Å². The average Bonchev–Trinajstić information content (AvgIpc) is 3.50. The van der Waals surface area contributed by atoms with Crippen molar-refractivity contribution in [2.45, 2.75) is 40.7 Å². The highest BCUT2D eigenvalue weighted by molar-refractivity contribution is 8.00. The molecule has 154 valence electrons. The van der Waals surface area contributed by atoms with Gasteiger partial charge in [-0.05, 0) is 55.0 Å². The molecule has 0 saturated heterocycles. The highest BCUT2D eigenvalue weighted by atomic mass is 32.2. The summed E-state index contributed by atoms with van der Waals surface area (Å²) in [5, 5.41) is 13.5. The minimum absolute atomic E-state index is 0.277. The maximum Gasteiger partial charge on any atom is 0.197 e. The van der Waals surface area contributed by atoms with Gasteiger partial charge in [-0.3, -0.25) is 0 Å². The van der Waals surface area contributed by atoms with Gasteiger partial charge in [0.2, 0.25) is 0 Å². The summed E-state index contributed by atoms with van der Waals surface area (Å²) in [6, 6.07) is 3.37. The van der Waals surface area contributed by atoms with Crippen molar-refractivity contribution in [2.24, 2.45) is 17.6 Å². The van der Waals surface area contributed by atoms with Crippen molar-refractivity contribution in [3.8, 4) is 0 Å². The number of H-pyrrole nitrogens is 1. The molecule has 2 aliphatic rings. The highest BCUT2D eigenvalue weighted by Gasteiger charge is 2.46. The van der Waals surface area contributed by atoms with Crippen molar-refractivity contribution in [3.63, 3.8) is 0 Å². The predicted molar refractivity (Wildman–Crippen MR) is 116 cm³/mol. The summed E-state index contributed by atoms with van der Waals surface area (Å²) >= 11 is 2.88. The van der Waals surface area contributed by atoms with Crippen LogP contribution in [0.25, 0.3) is 21.9 Å². The third kappa shape index (κ3) is 2.81. The van der Waals surface area contributed by atoms with Gasteiger partial charge in [-0.15, -0.1) is 10.2 Å². The Morgan fingerprint density at radius 3 is 2.83 bits per heavy atom. The Morgan fingerprint density at radius 1 is 1.23 bits per heavy atom. The van der Waals surface area contributed by atoms with Gasteiger partial charge in [0, 0.05) is 29.8 Å². The van der Waals surface area contributed by atoms with Crippen LogP contribution in [0, 0.1) is 17.7 Å². The van der Waals surface area contributed by atoms with Crippen LogP contribution >= 0.6 is 23.1 Å². The molecule has 4 N–H and O–H groups in total. The van der Waals surface area contributed by atoms with Gasteiger partial charge in [-0.1, -0.05) is 11.3 Å². The highest BCUT2D eigenvalue weighted by Crippen LogP contribution is 2.53. The monoisotopic (exact) mass is 441 g/mol. The van der Waals surface area contributed by atoms with Gasteiger partial charge in [0.15, 0.2) is 9.50 Å². The molecule has 1 aromatic carbocycles. The van der Waals surface area contributed by atoms with E-state index in [-0.39, 0.29) is 11.9 Å². The van der Waals surface area contributed by atoms with E-state index >= 15 is 0 Å². The number of aromatic amines is 1. The van der Waals surface area contributed by atoms with Gasteiger partial charge in [0.1, 0.15) is 17.0 Å². The Kier molecular flexibility index (Phi) is 4.22. The van der Waals surface area contributed by atoms with Gasteiger partial charge in [0.05, 0.1) is 16.9 Å². The van der Waals surface area contributed by atoms with E-state index in [2.05, 4.69) is 20.5 Å². The number of anilines is 1. The van der Waals surface area contributed by atoms with Crippen molar-refractivity contribution >= 4 is 50.7 Å². The molecule has 2 saturated carbocycles. The standard InChI is InChI=1S/C20H20FN7S2/c1-23-14-6-10(21)5-12-15-17(11-3-9-2-8(11)4-13(9)22)26-19(27-18(15)25-16(12)14)30-20-28-24-7-29-20/h5-9,11,13,23H,2-4,22H2,1H3,(H,25,26,27)/t8-,9-,11?,13-/m1/s1. The van der Waals surface area contributed by atoms with Gasteiger partial charge in [-0.2, -0.15) is 0 Å². The molecule has 0 amide bonds. The van der Waals surface area contributed by atoms with E-state index in [9.17, 15) is 4.39 Å². The van der Waals surface area contributed by atoms with E-state index < -0.39 is 0 Å². The summed E-state index contributed by atoms with van der Waals surface area (Å²) < 4.78 is 15.2. The minimum Gasteiger partial charge on any atom is -0.386 e. The van der Waals surface area contributed by atoms with Gasteiger partial charge >= 0.3 is 0 Å². The smallest absolute Gasteiger partial charge is 0.197 e. The zero-order chi connectivity index (χ0) is 20.4. The van der Waals surface area contributed by atoms with E-state index in [1.165, 1.54) is 29.2 Å². The Labute approximate surface area is 180 Å². The summed E-state index contributed by atoms with van der Waals surface area (Å²) in [6.45, 7) is 0. The van der Waals surface area contributed by atoms with Crippen LogP contribution in [-0.4, -0.2) is 38.2 Å². The molecular weight excluding hydrogens is 421 g/mol. The van der Waals surface area contributed by atoms with Crippen molar-refractivity contribution < 1.29 is 4.39 Å². The number of halogens is 1. The third-order valence-electron chi connectivity index (χ3n) is 6.58. The second-order valence-corrected chi connectivity index (χ2v) is 10.2. The number of benzene rings is 1. The SMILES string of the molecule is CNc1cc(F)cc2c1[nH]c1nc(Sc3nncs3)nc(C3C[C@H]4C[C@@H]3C[C@H]4N)c12. The molecule has 4 aromatic rings. The number of hydrogen-bond acceptors (Lipinski definition) is 8. The van der Waals surface area contributed by atoms with Crippen molar-refractivity contribution in [2.75, 3.05) is 12.4 Å². The van der Waals surface area contributed by atoms with Crippen molar-refractivity contribution in [1.82, 2.24) is 25.1 Å². The number of fused-ring (bicyclic) bond motifs is 5. The lowest BCUT2D eigenvalue weighted by Crippen LogP contribution is -2.29. The summed E-state index contributed by atoms with van der Waals surface area (Å²) in [4.78, 5) is 13.2. The van der Waals surface area contributed by atoms with Crippen LogP contribution in [0.5, 0.6) is 0 Å². The van der Waals surface area contributed by atoms with Crippen LogP contribution < -0.4 is 11.1 Å². The summed E-state index contributed by atoms with van der Waals surface area (Å²) in [5.74, 6) is 1.10. The summed E-state index contributed by atoms with van der Waals surface area (Å²) in [6.07, 6.45) is 3.20. The van der Waals surface area contributed by atoms with E-state index in [0.717, 1.165) is 51.2 Å². The molecule has 6 rings (SSSR count). The van der Waals surface area contributed by atoms with E-state index in [4.69, 9.17) is 15.7 Å². The summed E-state index contributed by atoms with van der Waals surface area (Å²) in [5.41, 5.74) is 11.3. The first kappa shape index (κ1) is 18.5. The lowest BCUT2D eigenvalue weighted by Gasteiger charge is -2.25. The number of nitrogens with two attached hydrogens (primary N) is 1. The fourth-order valence-electron chi connectivity index (χ4n) is 5.32. The first-order chi connectivity index (χ1) is 14.6. The lowest BCUT2D eigenvalue weighted by molar-refractivity contribution is 0.371. The molecule has 2 fully saturated rings. The molecule has 0 spiro atoms. The third-order valence-corrected chi connectivity index (χ3v) is 8.23. The molecule has 1 unspecified atom stereocenters. The van der Waals surface area contributed by atoms with Gasteiger partial charge < -0.3 is 16.0 Å². The maximum atomic E-state index is 14.4. The lowest BCUT2D eigenvalue weighted by atomic mass is 9.83. The van der Waals surface area contributed by atoms with Gasteiger partial charge in [0.25, 0.3) is 0 Å². The summed E-state index contributed by atoms with van der Waals surface area (Å²) in [7, 11) is 1.79. The predicted octanol–water partition coefficient (Wildman–Crippen LogP) is 4.14. The fourth-order valence-corrected chi connectivity index (χ4v) is 6.67. The molecule has 30 heavy (non-hydrogen) atoms. The van der Waals surface area contributed by atoms with Crippen LogP contribution in [0.1, 0.15) is 30.9 Å². The fraction of sp³-hybridized carbons (Fsp3) is 0.400. The zero-order valence-corrected chi connectivity index (χ0v) is 17.9. The van der Waals surface area contributed by atoms with E-state index in [0.29, 0.717) is 28.6 Å². The largest absolute Gasteiger partial charge is 0.386 e. The average molecular weight is 442 g/mol. The number of nitrogens with zero attached hydrogens (tertiary/aromatic N) is 4. The molecule has 0 aliphatic heterocycles. The number of hydrogen-bond donors (Lipinski definition) is 3. The second kappa shape index (κ2) is 6.86. The maximum absolute atomic E-state index is 14.4. The zero-order valence-electron chi connectivity index (χ0n) is 16.2. The molecule has 2 aliphatic carbocycles. The molecule has 3 aromatic heterocycles. The number of nitrogens with one attached hydrogen (secondary N) is 2. The Hall–Kier alpha value is -2.30. The molecule has 7 nitrogen and oxygen atoms in total. The van der Waals surface area contributed by atoms with Gasteiger partial charge in [-0.25, -0.2) is 14.4 Å². The van der Waals surface area contributed by atoms with Crippen LogP contribution in [0.3, 0.4) is 0 Å². The first-order valence-corrected chi connectivity index (χ1v) is 11.7. The van der Waals surface area contributed by atoms with Crippen LogP contribution in [-0.2, 0) is 0 Å². The second-order valence-electron chi connectivity index (χ2n) is 8.17. The Morgan fingerprint density at radius 2 is 2.13 bits per heavy atom. The van der Waals surface area contributed by atoms with Crippen LogP contribution in [0.15, 0.2) is 27.1 Å². The Bertz CT molecular complexity index is 1250. The molecule has 10 heteroatoms. The minimum atomic E-state index is -0.277. The van der Waals surface area contributed by atoms with Crippen LogP contribution in [0.2, 0.25) is 0 Å². The number of rotatable bonds is 4. The molecule has 0 radical (unpaired) electrons. The van der Waals surface area contributed by atoms with E-state index in [1.807, 2.05) is 0 Å². The molecule has 4 atom stereocenters.